The normalized spacial score (nSPS) is 18.7. The third-order valence-corrected chi connectivity index (χ3v) is 34.3. The minimum absolute atomic E-state index is 0.0361. The Morgan fingerprint density at radius 2 is 0.270 bits per heavy atom. The first kappa shape index (κ1) is 87.2. The Morgan fingerprint density at radius 3 is 0.351 bits per heavy atom. The molecule has 15 rings (SSSR count). The molecule has 0 radical (unpaired) electrons. The first-order chi connectivity index (χ1) is 54.1. The number of halogens is 4. The van der Waals surface area contributed by atoms with Crippen LogP contribution in [0.3, 0.4) is 0 Å². The Bertz CT molecular complexity index is 3570. The molecule has 3 aliphatic rings. The molecule has 6 nitrogen and oxygen atoms in total. The summed E-state index contributed by atoms with van der Waals surface area (Å²) in [7, 11) is 16.0. The molecule has 111 heavy (non-hydrogen) atoms. The predicted octanol–water partition coefficient (Wildman–Crippen LogP) is 20.1. The van der Waals surface area contributed by atoms with Crippen molar-refractivity contribution in [1.29, 1.82) is 0 Å². The standard InChI is InChI=1S/3C31H32O2P2.4ClH.2Ru/c3*1-31(2)32-29(23-34(25-15-7-3-8-16-25)26-17-9-4-10-18-26)30(33-31)24-35(27-19-11-5-12-20-27)28-21-13-6-14-22-28;;;;;;/h3*3-22,29-30H,23-24H2,1-2H3;4*1H;;/q;;;;;;;2*+2/p-4/t3*29-,30-;;;;;;/m111....../s1. The Morgan fingerprint density at radius 1 is 0.189 bits per heavy atom. The summed E-state index contributed by atoms with van der Waals surface area (Å²) in [5.41, 5.74) is 0. The second kappa shape index (κ2) is 45.2. The molecule has 3 heterocycles. The van der Waals surface area contributed by atoms with Gasteiger partial charge in [0, 0.05) is 37.0 Å². The van der Waals surface area contributed by atoms with Crippen LogP contribution in [0.5, 0.6) is 0 Å². The average Bonchev–Trinajstić information content (AvgIpc) is 1.79. The predicted molar refractivity (Wildman–Crippen MR) is 479 cm³/mol. The van der Waals surface area contributed by atoms with Crippen molar-refractivity contribution in [2.75, 3.05) is 37.0 Å². The number of hydrogen-bond donors (Lipinski definition) is 0. The Labute approximate surface area is 698 Å². The minimum atomic E-state index is -0.585. The van der Waals surface area contributed by atoms with Crippen LogP contribution in [-0.4, -0.2) is 91.0 Å². The molecule has 3 aliphatic heterocycles. The van der Waals surface area contributed by atoms with Crippen LogP contribution in [0, 0.1) is 0 Å². The van der Waals surface area contributed by atoms with Crippen LogP contribution in [-0.2, 0) is 58.7 Å². The Kier molecular flexibility index (Phi) is 35.5. The molecule has 0 aliphatic carbocycles. The second-order valence-electron chi connectivity index (χ2n) is 27.9. The monoisotopic (exact) mass is 1840 g/mol. The topological polar surface area (TPSA) is 55.4 Å². The van der Waals surface area contributed by atoms with Gasteiger partial charge in [0.25, 0.3) is 0 Å². The van der Waals surface area contributed by atoms with Gasteiger partial charge < -0.3 is 28.4 Å². The van der Waals surface area contributed by atoms with Crippen LogP contribution < -0.4 is 63.7 Å². The van der Waals surface area contributed by atoms with E-state index in [1.807, 2.05) is 0 Å². The Balaban J connectivity index is 0.000000159. The van der Waals surface area contributed by atoms with E-state index >= 15 is 0 Å². The molecule has 0 unspecified atom stereocenters. The number of ether oxygens (including phenoxy) is 6. The average molecular weight is 1840 g/mol. The summed E-state index contributed by atoms with van der Waals surface area (Å²) in [5.74, 6) is -1.76. The van der Waals surface area contributed by atoms with Crippen molar-refractivity contribution in [3.8, 4) is 0 Å². The zero-order chi connectivity index (χ0) is 77.7. The van der Waals surface area contributed by atoms with Gasteiger partial charge in [0.05, 0.1) is 36.6 Å². The van der Waals surface area contributed by atoms with Gasteiger partial charge in [-0.25, -0.2) is 0 Å². The van der Waals surface area contributed by atoms with Gasteiger partial charge in [-0.05, 0) is 153 Å². The number of benzene rings is 12. The van der Waals surface area contributed by atoms with Crippen LogP contribution >= 0.6 is 86.3 Å². The SMILES string of the molecule is CC1(C)O[C@H](CP(c2ccccc2)c2ccccc2)[C@@H](CP(c2ccccc2)c2ccccc2)O1.CC1(C)O[C@H](CP(c2ccccc2)c2ccccc2)[C@@H](CP(c2ccccc2)c2ccccc2)O1.CC1(C)O[C@H](CP(c2ccccc2)c2ccccc2)[C@@H](CP(c2ccccc2)c2ccccc2)O1.[Cl][Ru][Cl].[Cl][Ru][Cl]. The molecule has 0 N–H and O–H groups in total. The molecule has 0 saturated carbocycles. The second-order valence-corrected chi connectivity index (χ2v) is 46.7. The van der Waals surface area contributed by atoms with Crippen molar-refractivity contribution in [2.24, 2.45) is 0 Å². The molecule has 6 atom stereocenters. The summed E-state index contributed by atoms with van der Waals surface area (Å²) < 4.78 is 39.7. The van der Waals surface area contributed by atoms with E-state index in [0.717, 1.165) is 37.0 Å². The van der Waals surface area contributed by atoms with Gasteiger partial charge in [0.15, 0.2) is 17.4 Å². The van der Waals surface area contributed by atoms with Crippen molar-refractivity contribution in [3.63, 3.8) is 0 Å². The molecule has 578 valence electrons. The van der Waals surface area contributed by atoms with E-state index in [1.165, 1.54) is 63.7 Å². The fraction of sp³-hybridized carbons (Fsp3) is 0.226. The summed E-state index contributed by atoms with van der Waals surface area (Å²) in [6.07, 6.45) is 5.91. The molecule has 0 aromatic heterocycles. The van der Waals surface area contributed by atoms with E-state index in [9.17, 15) is 0 Å². The van der Waals surface area contributed by atoms with Gasteiger partial charge in [-0.3, -0.25) is 0 Å². The molecule has 18 heteroatoms. The van der Waals surface area contributed by atoms with E-state index in [1.54, 1.807) is 0 Å². The molecule has 12 aromatic carbocycles. The van der Waals surface area contributed by atoms with Crippen molar-refractivity contribution in [1.82, 2.24) is 0 Å². The van der Waals surface area contributed by atoms with Crippen LogP contribution in [0.2, 0.25) is 0 Å². The maximum atomic E-state index is 6.61. The fourth-order valence-corrected chi connectivity index (χ4v) is 28.9. The molecular weight excluding hydrogens is 1740 g/mol. The molecule has 0 spiro atoms. The fourth-order valence-electron chi connectivity index (χ4n) is 14.2. The molecule has 3 saturated heterocycles. The first-order valence-corrected chi connectivity index (χ1v) is 55.2. The van der Waals surface area contributed by atoms with Gasteiger partial charge in [-0.15, -0.1) is 0 Å². The summed E-state index contributed by atoms with van der Waals surface area (Å²) in [5, 5.41) is 16.6. The Hall–Kier alpha value is -4.61. The van der Waals surface area contributed by atoms with Crippen molar-refractivity contribution >= 4 is 150 Å². The van der Waals surface area contributed by atoms with E-state index < -0.39 is 64.9 Å². The van der Waals surface area contributed by atoms with E-state index in [0.29, 0.717) is 0 Å². The van der Waals surface area contributed by atoms with E-state index in [-0.39, 0.29) is 66.9 Å². The van der Waals surface area contributed by atoms with Crippen LogP contribution in [0.15, 0.2) is 364 Å². The maximum absolute atomic E-state index is 6.61. The quantitative estimate of drug-likeness (QED) is 0.0444. The van der Waals surface area contributed by atoms with Gasteiger partial charge in [-0.2, -0.15) is 0 Å². The van der Waals surface area contributed by atoms with Crippen LogP contribution in [0.25, 0.3) is 0 Å². The first-order valence-electron chi connectivity index (χ1n) is 37.1. The molecule has 3 fully saturated rings. The van der Waals surface area contributed by atoms with Crippen molar-refractivity contribution in [3.05, 3.63) is 364 Å². The molecule has 0 amide bonds. The summed E-state index contributed by atoms with van der Waals surface area (Å²) >= 11 is -0.691. The van der Waals surface area contributed by atoms with Gasteiger partial charge >= 0.3 is 69.1 Å². The summed E-state index contributed by atoms with van der Waals surface area (Å²) in [4.78, 5) is 0. The van der Waals surface area contributed by atoms with Gasteiger partial charge in [-0.1, -0.05) is 364 Å². The summed E-state index contributed by atoms with van der Waals surface area (Å²) in [6, 6.07) is 131. The van der Waals surface area contributed by atoms with Crippen LogP contribution in [0.1, 0.15) is 41.5 Å². The van der Waals surface area contributed by atoms with E-state index in [2.05, 4.69) is 406 Å². The molecular formula is C93H96Cl4O6P6Ru2. The van der Waals surface area contributed by atoms with Crippen molar-refractivity contribution < 1.29 is 58.7 Å². The molecule has 12 aromatic rings. The van der Waals surface area contributed by atoms with E-state index in [4.69, 9.17) is 67.2 Å². The number of hydrogen-bond acceptors (Lipinski definition) is 6. The zero-order valence-electron chi connectivity index (χ0n) is 63.2. The van der Waals surface area contributed by atoms with Crippen molar-refractivity contribution in [2.45, 2.75) is 95.5 Å². The van der Waals surface area contributed by atoms with Gasteiger partial charge in [0.1, 0.15) is 0 Å². The summed E-state index contributed by atoms with van der Waals surface area (Å²) in [6.45, 7) is 12.3. The zero-order valence-corrected chi connectivity index (χ0v) is 75.1. The molecule has 0 bridgehead atoms. The number of rotatable bonds is 24. The van der Waals surface area contributed by atoms with Crippen LogP contribution in [0.4, 0.5) is 0 Å². The third kappa shape index (κ3) is 26.7. The third-order valence-electron chi connectivity index (χ3n) is 18.8. The van der Waals surface area contributed by atoms with Gasteiger partial charge in [0.2, 0.25) is 0 Å².